The first-order chi connectivity index (χ1) is 8.65. The lowest BCUT2D eigenvalue weighted by Gasteiger charge is -2.13. The second-order valence-electron chi connectivity index (χ2n) is 4.38. The third-order valence-electron chi connectivity index (χ3n) is 3.09. The van der Waals surface area contributed by atoms with Crippen molar-refractivity contribution in [2.24, 2.45) is 0 Å². The number of fused-ring (bicyclic) bond motifs is 1. The van der Waals surface area contributed by atoms with Gasteiger partial charge in [0.1, 0.15) is 4.88 Å². The van der Waals surface area contributed by atoms with Crippen LogP contribution in [0.4, 0.5) is 5.69 Å². The Bertz CT molecular complexity index is 622. The molecule has 2 heterocycles. The molecule has 0 unspecified atom stereocenters. The molecule has 1 aliphatic rings. The highest BCUT2D eigenvalue weighted by molar-refractivity contribution is 7.07. The minimum atomic E-state index is -0.00253. The molecule has 0 aliphatic carbocycles. The number of nitrogen functional groups attached to an aromatic ring is 1. The summed E-state index contributed by atoms with van der Waals surface area (Å²) in [7, 11) is 0. The molecule has 3 rings (SSSR count). The van der Waals surface area contributed by atoms with Crippen molar-refractivity contribution in [3.8, 4) is 0 Å². The standard InChI is InChI=1S/C12H12N4OS/c1-7-11(18-15-14-7)12(17)16-5-8-2-3-10(13)4-9(8)6-16/h2-4H,5-6,13H2,1H3. The van der Waals surface area contributed by atoms with Crippen LogP contribution in [0.25, 0.3) is 0 Å². The maximum absolute atomic E-state index is 12.3. The van der Waals surface area contributed by atoms with Crippen molar-refractivity contribution in [2.75, 3.05) is 5.73 Å². The number of carbonyl (C=O) groups is 1. The van der Waals surface area contributed by atoms with E-state index < -0.39 is 0 Å². The second kappa shape index (κ2) is 4.06. The van der Waals surface area contributed by atoms with Gasteiger partial charge in [-0.15, -0.1) is 5.10 Å². The minimum Gasteiger partial charge on any atom is -0.399 e. The van der Waals surface area contributed by atoms with E-state index in [4.69, 9.17) is 5.73 Å². The topological polar surface area (TPSA) is 72.1 Å². The largest absolute Gasteiger partial charge is 0.399 e. The Morgan fingerprint density at radius 3 is 2.89 bits per heavy atom. The summed E-state index contributed by atoms with van der Waals surface area (Å²) < 4.78 is 3.80. The summed E-state index contributed by atoms with van der Waals surface area (Å²) in [5.41, 5.74) is 9.46. The first-order valence-corrected chi connectivity index (χ1v) is 6.38. The van der Waals surface area contributed by atoms with Crippen molar-refractivity contribution >= 4 is 23.1 Å². The zero-order chi connectivity index (χ0) is 12.7. The molecule has 2 N–H and O–H groups in total. The van der Waals surface area contributed by atoms with Crippen LogP contribution >= 0.6 is 11.5 Å². The molecule has 0 radical (unpaired) electrons. The maximum Gasteiger partial charge on any atom is 0.268 e. The van der Waals surface area contributed by atoms with Gasteiger partial charge in [-0.2, -0.15) is 0 Å². The van der Waals surface area contributed by atoms with Gasteiger partial charge in [0.25, 0.3) is 5.91 Å². The number of aromatic nitrogens is 2. The quantitative estimate of drug-likeness (QED) is 0.790. The average Bonchev–Trinajstić information content (AvgIpc) is 2.93. The molecule has 1 aromatic carbocycles. The van der Waals surface area contributed by atoms with E-state index >= 15 is 0 Å². The fraction of sp³-hybridized carbons (Fsp3) is 0.250. The summed E-state index contributed by atoms with van der Waals surface area (Å²) in [4.78, 5) is 14.7. The molecule has 0 atom stereocenters. The second-order valence-corrected chi connectivity index (χ2v) is 5.13. The fourth-order valence-electron chi connectivity index (χ4n) is 2.13. The molecular weight excluding hydrogens is 248 g/mol. The number of amides is 1. The van der Waals surface area contributed by atoms with E-state index in [1.54, 1.807) is 11.8 Å². The average molecular weight is 260 g/mol. The van der Waals surface area contributed by atoms with Gasteiger partial charge < -0.3 is 10.6 Å². The molecule has 0 saturated carbocycles. The zero-order valence-electron chi connectivity index (χ0n) is 9.88. The summed E-state index contributed by atoms with van der Waals surface area (Å²) in [6, 6.07) is 5.78. The van der Waals surface area contributed by atoms with Crippen LogP contribution in [0.5, 0.6) is 0 Å². The van der Waals surface area contributed by atoms with Crippen LogP contribution in [0.2, 0.25) is 0 Å². The van der Waals surface area contributed by atoms with E-state index in [1.165, 1.54) is 0 Å². The Labute approximate surface area is 108 Å². The van der Waals surface area contributed by atoms with Crippen LogP contribution in [0.1, 0.15) is 26.5 Å². The zero-order valence-corrected chi connectivity index (χ0v) is 10.7. The van der Waals surface area contributed by atoms with E-state index in [-0.39, 0.29) is 5.91 Å². The van der Waals surface area contributed by atoms with Crippen molar-refractivity contribution in [3.63, 3.8) is 0 Å². The molecule has 0 spiro atoms. The first-order valence-electron chi connectivity index (χ1n) is 5.60. The van der Waals surface area contributed by atoms with E-state index in [9.17, 15) is 4.79 Å². The molecular formula is C12H12N4OS. The predicted molar refractivity (Wildman–Crippen MR) is 69.1 cm³/mol. The lowest BCUT2D eigenvalue weighted by Crippen LogP contribution is -2.25. The molecule has 0 fully saturated rings. The van der Waals surface area contributed by atoms with Gasteiger partial charge in [-0.3, -0.25) is 4.79 Å². The first kappa shape index (κ1) is 11.2. The lowest BCUT2D eigenvalue weighted by molar-refractivity contribution is 0.0755. The molecule has 1 aliphatic heterocycles. The van der Waals surface area contributed by atoms with E-state index in [2.05, 4.69) is 9.59 Å². The van der Waals surface area contributed by atoms with Crippen LogP contribution in [-0.2, 0) is 13.1 Å². The summed E-state index contributed by atoms with van der Waals surface area (Å²) in [5, 5.41) is 3.87. The maximum atomic E-state index is 12.3. The third-order valence-corrected chi connectivity index (χ3v) is 3.90. The van der Waals surface area contributed by atoms with Gasteiger partial charge in [0, 0.05) is 18.8 Å². The molecule has 1 aromatic heterocycles. The van der Waals surface area contributed by atoms with Crippen LogP contribution < -0.4 is 5.73 Å². The van der Waals surface area contributed by atoms with E-state index in [1.807, 2.05) is 18.2 Å². The molecule has 2 aromatic rings. The van der Waals surface area contributed by atoms with Gasteiger partial charge >= 0.3 is 0 Å². The summed E-state index contributed by atoms with van der Waals surface area (Å²) >= 11 is 1.15. The Kier molecular flexibility index (Phi) is 2.52. The predicted octanol–water partition coefficient (Wildman–Crippen LogP) is 1.58. The Morgan fingerprint density at radius 2 is 2.17 bits per heavy atom. The number of nitrogens with zero attached hydrogens (tertiary/aromatic N) is 3. The number of hydrogen-bond acceptors (Lipinski definition) is 5. The van der Waals surface area contributed by atoms with Gasteiger partial charge in [-0.1, -0.05) is 10.6 Å². The highest BCUT2D eigenvalue weighted by Crippen LogP contribution is 2.27. The molecule has 18 heavy (non-hydrogen) atoms. The SMILES string of the molecule is Cc1nnsc1C(=O)N1Cc2ccc(N)cc2C1. The molecule has 92 valence electrons. The highest BCUT2D eigenvalue weighted by Gasteiger charge is 2.26. The van der Waals surface area contributed by atoms with Crippen LogP contribution in [0, 0.1) is 6.92 Å². The van der Waals surface area contributed by atoms with Gasteiger partial charge in [-0.05, 0) is 41.7 Å². The van der Waals surface area contributed by atoms with Crippen molar-refractivity contribution in [3.05, 3.63) is 39.9 Å². The summed E-state index contributed by atoms with van der Waals surface area (Å²) in [6.07, 6.45) is 0. The van der Waals surface area contributed by atoms with Crippen LogP contribution in [0.15, 0.2) is 18.2 Å². The molecule has 5 nitrogen and oxygen atoms in total. The Morgan fingerprint density at radius 1 is 1.39 bits per heavy atom. The van der Waals surface area contributed by atoms with E-state index in [0.717, 1.165) is 28.3 Å². The monoisotopic (exact) mass is 260 g/mol. The molecule has 6 heteroatoms. The van der Waals surface area contributed by atoms with Crippen molar-refractivity contribution in [2.45, 2.75) is 20.0 Å². The number of nitrogens with two attached hydrogens (primary N) is 1. The van der Waals surface area contributed by atoms with Crippen molar-refractivity contribution in [1.82, 2.24) is 14.5 Å². The normalized spacial score (nSPS) is 13.7. The molecule has 0 saturated heterocycles. The van der Waals surface area contributed by atoms with Crippen molar-refractivity contribution in [1.29, 1.82) is 0 Å². The molecule has 1 amide bonds. The molecule has 0 bridgehead atoms. The van der Waals surface area contributed by atoms with Gasteiger partial charge in [0.2, 0.25) is 0 Å². The lowest BCUT2D eigenvalue weighted by atomic mass is 10.1. The van der Waals surface area contributed by atoms with Crippen molar-refractivity contribution < 1.29 is 4.79 Å². The van der Waals surface area contributed by atoms with Gasteiger partial charge in [0.05, 0.1) is 5.69 Å². The smallest absolute Gasteiger partial charge is 0.268 e. The van der Waals surface area contributed by atoms with Crippen LogP contribution in [0.3, 0.4) is 0 Å². The van der Waals surface area contributed by atoms with Gasteiger partial charge in [0.15, 0.2) is 0 Å². The minimum absolute atomic E-state index is 0.00253. The Hall–Kier alpha value is -1.95. The van der Waals surface area contributed by atoms with Gasteiger partial charge in [-0.25, -0.2) is 0 Å². The highest BCUT2D eigenvalue weighted by atomic mass is 32.1. The third kappa shape index (κ3) is 1.74. The summed E-state index contributed by atoms with van der Waals surface area (Å²) in [6.45, 7) is 3.04. The van der Waals surface area contributed by atoms with Crippen LogP contribution in [-0.4, -0.2) is 20.4 Å². The van der Waals surface area contributed by atoms with E-state index in [0.29, 0.717) is 23.7 Å². The number of anilines is 1. The Balaban J connectivity index is 1.86. The number of carbonyl (C=O) groups excluding carboxylic acids is 1. The number of aryl methyl sites for hydroxylation is 1. The number of hydrogen-bond donors (Lipinski definition) is 1. The number of rotatable bonds is 1. The fourth-order valence-corrected chi connectivity index (χ4v) is 2.75. The number of benzene rings is 1. The summed E-state index contributed by atoms with van der Waals surface area (Å²) in [5.74, 6) is -0.00253.